The number of amides is 2. The Bertz CT molecular complexity index is 719. The number of rotatable bonds is 5. The van der Waals surface area contributed by atoms with Gasteiger partial charge in [0.25, 0.3) is 5.56 Å². The second kappa shape index (κ2) is 7.16. The Morgan fingerprint density at radius 1 is 1.18 bits per heavy atom. The summed E-state index contributed by atoms with van der Waals surface area (Å²) in [6.07, 6.45) is 0.334. The lowest BCUT2D eigenvalue weighted by Gasteiger charge is -2.08. The van der Waals surface area contributed by atoms with Crippen molar-refractivity contribution in [2.24, 2.45) is 0 Å². The van der Waals surface area contributed by atoms with Crippen molar-refractivity contribution in [1.29, 1.82) is 0 Å². The van der Waals surface area contributed by atoms with Crippen molar-refractivity contribution >= 4 is 17.5 Å². The van der Waals surface area contributed by atoms with Gasteiger partial charge in [-0.1, -0.05) is 19.1 Å². The van der Waals surface area contributed by atoms with Crippen LogP contribution in [-0.2, 0) is 9.59 Å². The van der Waals surface area contributed by atoms with E-state index in [1.54, 1.807) is 31.2 Å². The summed E-state index contributed by atoms with van der Waals surface area (Å²) >= 11 is 0. The third-order valence-electron chi connectivity index (χ3n) is 2.89. The van der Waals surface area contributed by atoms with Gasteiger partial charge in [-0.25, -0.2) is 5.10 Å². The van der Waals surface area contributed by atoms with Crippen LogP contribution in [0.5, 0.6) is 0 Å². The quantitative estimate of drug-likeness (QED) is 0.763. The average molecular weight is 300 g/mol. The molecule has 7 nitrogen and oxygen atoms in total. The molecule has 2 aromatic rings. The Labute approximate surface area is 126 Å². The lowest BCUT2D eigenvalue weighted by Crippen LogP contribution is -2.32. The van der Waals surface area contributed by atoms with Crippen molar-refractivity contribution in [3.05, 3.63) is 46.8 Å². The maximum atomic E-state index is 11.7. The third-order valence-corrected chi connectivity index (χ3v) is 2.89. The lowest BCUT2D eigenvalue weighted by molar-refractivity contribution is -0.123. The van der Waals surface area contributed by atoms with Crippen molar-refractivity contribution < 1.29 is 9.59 Å². The summed E-state index contributed by atoms with van der Waals surface area (Å²) < 4.78 is 0. The summed E-state index contributed by atoms with van der Waals surface area (Å²) in [5.74, 6) is -0.491. The van der Waals surface area contributed by atoms with Crippen molar-refractivity contribution in [2.75, 3.05) is 11.9 Å². The van der Waals surface area contributed by atoms with Gasteiger partial charge in [0.1, 0.15) is 0 Å². The summed E-state index contributed by atoms with van der Waals surface area (Å²) in [5, 5.41) is 11.5. The Morgan fingerprint density at radius 3 is 2.68 bits per heavy atom. The van der Waals surface area contributed by atoms with Crippen LogP contribution in [0.15, 0.2) is 41.2 Å². The van der Waals surface area contributed by atoms with E-state index >= 15 is 0 Å². The number of carbonyl (C=O) groups is 2. The number of benzene rings is 1. The number of nitrogens with one attached hydrogen (secondary N) is 3. The molecule has 2 rings (SSSR count). The molecule has 0 saturated carbocycles. The van der Waals surface area contributed by atoms with Crippen molar-refractivity contribution in [3.8, 4) is 11.3 Å². The normalized spacial score (nSPS) is 10.0. The SMILES string of the molecule is CCC(=O)NCC(=O)Nc1cccc(-c2ccc(=O)[nH]n2)c1. The molecule has 0 fully saturated rings. The van der Waals surface area contributed by atoms with Gasteiger partial charge in [0, 0.05) is 23.7 Å². The summed E-state index contributed by atoms with van der Waals surface area (Å²) in [5.41, 5.74) is 1.66. The van der Waals surface area contributed by atoms with Crippen LogP contribution < -0.4 is 16.2 Å². The van der Waals surface area contributed by atoms with E-state index in [9.17, 15) is 14.4 Å². The first kappa shape index (κ1) is 15.4. The molecule has 0 atom stereocenters. The molecular weight excluding hydrogens is 284 g/mol. The summed E-state index contributed by atoms with van der Waals surface area (Å²) in [7, 11) is 0. The topological polar surface area (TPSA) is 104 Å². The first-order chi connectivity index (χ1) is 10.6. The van der Waals surface area contributed by atoms with Crippen LogP contribution >= 0.6 is 0 Å². The Balaban J connectivity index is 2.05. The van der Waals surface area contributed by atoms with E-state index in [1.807, 2.05) is 6.07 Å². The molecule has 0 radical (unpaired) electrons. The second-order valence-corrected chi connectivity index (χ2v) is 4.57. The molecule has 0 bridgehead atoms. The van der Waals surface area contributed by atoms with Crippen LogP contribution in [0.3, 0.4) is 0 Å². The number of carbonyl (C=O) groups excluding carboxylic acids is 2. The highest BCUT2D eigenvalue weighted by Crippen LogP contribution is 2.19. The first-order valence-corrected chi connectivity index (χ1v) is 6.81. The van der Waals surface area contributed by atoms with Crippen LogP contribution in [0.4, 0.5) is 5.69 Å². The molecule has 0 aliphatic carbocycles. The summed E-state index contributed by atoms with van der Waals surface area (Å²) in [6, 6.07) is 10.0. The van der Waals surface area contributed by atoms with Crippen LogP contribution in [0.1, 0.15) is 13.3 Å². The maximum Gasteiger partial charge on any atom is 0.264 e. The molecule has 1 heterocycles. The lowest BCUT2D eigenvalue weighted by atomic mass is 10.1. The minimum atomic E-state index is -0.312. The van der Waals surface area contributed by atoms with Gasteiger partial charge in [0.15, 0.2) is 0 Å². The molecule has 1 aromatic heterocycles. The summed E-state index contributed by atoms with van der Waals surface area (Å²) in [4.78, 5) is 33.9. The van der Waals surface area contributed by atoms with Crippen molar-refractivity contribution in [3.63, 3.8) is 0 Å². The fraction of sp³-hybridized carbons (Fsp3) is 0.200. The first-order valence-electron chi connectivity index (χ1n) is 6.81. The minimum absolute atomic E-state index is 0.0756. The monoisotopic (exact) mass is 300 g/mol. The fourth-order valence-electron chi connectivity index (χ4n) is 1.77. The number of aromatic nitrogens is 2. The van der Waals surface area contributed by atoms with Gasteiger partial charge in [0.05, 0.1) is 12.2 Å². The van der Waals surface area contributed by atoms with E-state index in [1.165, 1.54) is 6.07 Å². The van der Waals surface area contributed by atoms with E-state index in [0.29, 0.717) is 17.8 Å². The molecule has 0 unspecified atom stereocenters. The van der Waals surface area contributed by atoms with Crippen LogP contribution in [0, 0.1) is 0 Å². The van der Waals surface area contributed by atoms with Gasteiger partial charge in [0.2, 0.25) is 11.8 Å². The fourth-order valence-corrected chi connectivity index (χ4v) is 1.77. The molecule has 114 valence electrons. The molecule has 0 aliphatic heterocycles. The second-order valence-electron chi connectivity index (χ2n) is 4.57. The molecule has 3 N–H and O–H groups in total. The number of hydrogen-bond donors (Lipinski definition) is 3. The number of hydrogen-bond acceptors (Lipinski definition) is 4. The number of nitrogens with zero attached hydrogens (tertiary/aromatic N) is 1. The van der Waals surface area contributed by atoms with Crippen molar-refractivity contribution in [1.82, 2.24) is 15.5 Å². The van der Waals surface area contributed by atoms with E-state index in [-0.39, 0.29) is 23.9 Å². The number of aromatic amines is 1. The summed E-state index contributed by atoms with van der Waals surface area (Å²) in [6.45, 7) is 1.64. The molecular formula is C15H16N4O3. The minimum Gasteiger partial charge on any atom is -0.347 e. The molecule has 2 amide bonds. The highest BCUT2D eigenvalue weighted by atomic mass is 16.2. The smallest absolute Gasteiger partial charge is 0.264 e. The van der Waals surface area contributed by atoms with Crippen molar-refractivity contribution in [2.45, 2.75) is 13.3 Å². The number of H-pyrrole nitrogens is 1. The van der Waals surface area contributed by atoms with E-state index in [2.05, 4.69) is 20.8 Å². The van der Waals surface area contributed by atoms with Gasteiger partial charge in [-0.05, 0) is 18.2 Å². The largest absolute Gasteiger partial charge is 0.347 e. The molecule has 0 saturated heterocycles. The Morgan fingerprint density at radius 2 is 2.00 bits per heavy atom. The van der Waals surface area contributed by atoms with Gasteiger partial charge < -0.3 is 10.6 Å². The molecule has 7 heteroatoms. The highest BCUT2D eigenvalue weighted by Gasteiger charge is 2.06. The van der Waals surface area contributed by atoms with E-state index in [0.717, 1.165) is 5.56 Å². The van der Waals surface area contributed by atoms with Crippen LogP contribution in [-0.4, -0.2) is 28.6 Å². The zero-order valence-corrected chi connectivity index (χ0v) is 12.1. The predicted molar refractivity (Wildman–Crippen MR) is 82.2 cm³/mol. The van der Waals surface area contributed by atoms with Gasteiger partial charge in [-0.2, -0.15) is 5.10 Å². The zero-order valence-electron chi connectivity index (χ0n) is 12.1. The number of anilines is 1. The van der Waals surface area contributed by atoms with Crippen LogP contribution in [0.25, 0.3) is 11.3 Å². The Kier molecular flexibility index (Phi) is 5.02. The maximum absolute atomic E-state index is 11.7. The predicted octanol–water partition coefficient (Wildman–Crippen LogP) is 0.902. The molecule has 0 spiro atoms. The zero-order chi connectivity index (χ0) is 15.9. The molecule has 1 aromatic carbocycles. The molecule has 0 aliphatic rings. The van der Waals surface area contributed by atoms with Gasteiger partial charge >= 0.3 is 0 Å². The molecule has 22 heavy (non-hydrogen) atoms. The highest BCUT2D eigenvalue weighted by molar-refractivity contribution is 5.94. The third kappa shape index (κ3) is 4.27. The van der Waals surface area contributed by atoms with Gasteiger partial charge in [-0.3, -0.25) is 14.4 Å². The average Bonchev–Trinajstić information content (AvgIpc) is 2.53. The van der Waals surface area contributed by atoms with Crippen LogP contribution in [0.2, 0.25) is 0 Å². The van der Waals surface area contributed by atoms with E-state index in [4.69, 9.17) is 0 Å². The standard InChI is InChI=1S/C15H16N4O3/c1-2-13(20)16-9-15(22)17-11-5-3-4-10(8-11)12-6-7-14(21)19-18-12/h3-8H,2,9H2,1H3,(H,16,20)(H,17,22)(H,19,21). The van der Waals surface area contributed by atoms with E-state index < -0.39 is 0 Å². The Hall–Kier alpha value is -2.96. The van der Waals surface area contributed by atoms with Gasteiger partial charge in [-0.15, -0.1) is 0 Å².